The zero-order valence-corrected chi connectivity index (χ0v) is 9.20. The third-order valence-electron chi connectivity index (χ3n) is 2.77. The van der Waals surface area contributed by atoms with Crippen molar-refractivity contribution >= 4 is 28.9 Å². The van der Waals surface area contributed by atoms with Crippen LogP contribution in [0, 0.1) is 0 Å². The molecule has 0 saturated carbocycles. The van der Waals surface area contributed by atoms with Gasteiger partial charge in [0.05, 0.1) is 22.7 Å². The van der Waals surface area contributed by atoms with Crippen molar-refractivity contribution in [2.75, 3.05) is 6.61 Å². The van der Waals surface area contributed by atoms with Gasteiger partial charge >= 0.3 is 0 Å². The zero-order valence-electron chi connectivity index (χ0n) is 8.44. The van der Waals surface area contributed by atoms with Gasteiger partial charge in [0.25, 0.3) is 0 Å². The van der Waals surface area contributed by atoms with Gasteiger partial charge in [-0.3, -0.25) is 4.79 Å². The lowest BCUT2D eigenvalue weighted by molar-refractivity contribution is 0.0830. The smallest absolute Gasteiger partial charge is 0.151 e. The van der Waals surface area contributed by atoms with E-state index in [-0.39, 0.29) is 0 Å². The first-order valence-electron chi connectivity index (χ1n) is 5.02. The Balaban J connectivity index is 2.36. The molecular formula is C11H9ClN2O2. The number of halogens is 1. The van der Waals surface area contributed by atoms with Crippen molar-refractivity contribution in [1.29, 1.82) is 0 Å². The highest BCUT2D eigenvalue weighted by Gasteiger charge is 2.18. The molecule has 1 aromatic heterocycles. The Bertz CT molecular complexity index is 577. The fourth-order valence-corrected chi connectivity index (χ4v) is 2.31. The zero-order chi connectivity index (χ0) is 11.1. The second kappa shape index (κ2) is 3.57. The third-order valence-corrected chi connectivity index (χ3v) is 3.17. The van der Waals surface area contributed by atoms with Gasteiger partial charge in [-0.25, -0.2) is 4.98 Å². The van der Waals surface area contributed by atoms with Crippen molar-refractivity contribution < 1.29 is 9.53 Å². The summed E-state index contributed by atoms with van der Waals surface area (Å²) in [5.74, 6) is 0.867. The number of aromatic nitrogens is 2. The summed E-state index contributed by atoms with van der Waals surface area (Å²) in [4.78, 5) is 15.2. The fraction of sp³-hybridized carbons (Fsp3) is 0.273. The van der Waals surface area contributed by atoms with E-state index in [1.807, 2.05) is 10.6 Å². The van der Waals surface area contributed by atoms with E-state index in [0.717, 1.165) is 29.7 Å². The van der Waals surface area contributed by atoms with Gasteiger partial charge in [0.2, 0.25) is 0 Å². The lowest BCUT2D eigenvalue weighted by Crippen LogP contribution is -2.16. The minimum atomic E-state index is 0.480. The van der Waals surface area contributed by atoms with Crippen LogP contribution in [-0.2, 0) is 17.9 Å². The molecule has 0 radical (unpaired) electrons. The molecule has 0 saturated heterocycles. The minimum Gasteiger partial charge on any atom is -0.372 e. The maximum Gasteiger partial charge on any atom is 0.151 e. The van der Waals surface area contributed by atoms with E-state index in [2.05, 4.69) is 4.98 Å². The van der Waals surface area contributed by atoms with E-state index in [0.29, 0.717) is 23.8 Å². The molecule has 3 rings (SSSR count). The second-order valence-electron chi connectivity index (χ2n) is 3.69. The van der Waals surface area contributed by atoms with E-state index in [9.17, 15) is 4.79 Å². The summed E-state index contributed by atoms with van der Waals surface area (Å²) in [6.07, 6.45) is 0.765. The summed E-state index contributed by atoms with van der Waals surface area (Å²) in [6, 6.07) is 3.51. The Kier molecular flexibility index (Phi) is 2.19. The molecule has 0 aliphatic carbocycles. The highest BCUT2D eigenvalue weighted by molar-refractivity contribution is 6.37. The Hall–Kier alpha value is -1.39. The summed E-state index contributed by atoms with van der Waals surface area (Å²) in [6.45, 7) is 1.88. The molecule has 0 fully saturated rings. The first-order chi connectivity index (χ1) is 7.81. The molecule has 1 aliphatic rings. The molecule has 0 N–H and O–H groups in total. The average Bonchev–Trinajstić information content (AvgIpc) is 2.68. The van der Waals surface area contributed by atoms with Gasteiger partial charge in [-0.2, -0.15) is 0 Å². The van der Waals surface area contributed by atoms with Gasteiger partial charge in [-0.15, -0.1) is 0 Å². The fourth-order valence-electron chi connectivity index (χ4n) is 2.01. The number of fused-ring (bicyclic) bond motifs is 3. The van der Waals surface area contributed by atoms with Crippen LogP contribution in [0.4, 0.5) is 0 Å². The van der Waals surface area contributed by atoms with E-state index < -0.39 is 0 Å². The van der Waals surface area contributed by atoms with E-state index in [1.165, 1.54) is 0 Å². The number of rotatable bonds is 1. The van der Waals surface area contributed by atoms with Crippen LogP contribution in [-0.4, -0.2) is 22.4 Å². The minimum absolute atomic E-state index is 0.480. The van der Waals surface area contributed by atoms with Crippen molar-refractivity contribution in [3.05, 3.63) is 28.5 Å². The van der Waals surface area contributed by atoms with Crippen LogP contribution in [0.3, 0.4) is 0 Å². The van der Waals surface area contributed by atoms with Crippen LogP contribution >= 0.6 is 11.6 Å². The van der Waals surface area contributed by atoms with Gasteiger partial charge in [-0.05, 0) is 12.1 Å². The van der Waals surface area contributed by atoms with Crippen LogP contribution in [0.25, 0.3) is 11.0 Å². The summed E-state index contributed by atoms with van der Waals surface area (Å²) < 4.78 is 7.35. The molecule has 5 heteroatoms. The number of carbonyl (C=O) groups is 1. The summed E-state index contributed by atoms with van der Waals surface area (Å²) in [5, 5.41) is 0.480. The maximum atomic E-state index is 10.8. The maximum absolute atomic E-state index is 10.8. The van der Waals surface area contributed by atoms with Crippen LogP contribution in [0.1, 0.15) is 16.2 Å². The van der Waals surface area contributed by atoms with Gasteiger partial charge in [0, 0.05) is 12.1 Å². The quantitative estimate of drug-likeness (QED) is 0.712. The first-order valence-corrected chi connectivity index (χ1v) is 5.39. The monoisotopic (exact) mass is 236 g/mol. The Morgan fingerprint density at radius 3 is 3.19 bits per heavy atom. The molecule has 82 valence electrons. The third kappa shape index (κ3) is 1.27. The number of nitrogens with zero attached hydrogens (tertiary/aromatic N) is 2. The van der Waals surface area contributed by atoms with Gasteiger partial charge in [0.15, 0.2) is 6.29 Å². The number of hydrogen-bond acceptors (Lipinski definition) is 3. The molecule has 0 atom stereocenters. The molecule has 16 heavy (non-hydrogen) atoms. The number of ether oxygens (including phenoxy) is 1. The van der Waals surface area contributed by atoms with Crippen LogP contribution in [0.5, 0.6) is 0 Å². The molecule has 4 nitrogen and oxygen atoms in total. The van der Waals surface area contributed by atoms with Crippen molar-refractivity contribution in [3.63, 3.8) is 0 Å². The van der Waals surface area contributed by atoms with Crippen molar-refractivity contribution in [2.45, 2.75) is 13.2 Å². The van der Waals surface area contributed by atoms with E-state index in [1.54, 1.807) is 6.07 Å². The normalized spacial score (nSPS) is 15.1. The highest BCUT2D eigenvalue weighted by Crippen LogP contribution is 2.28. The number of aldehydes is 1. The van der Waals surface area contributed by atoms with Crippen LogP contribution in [0.2, 0.25) is 5.02 Å². The second-order valence-corrected chi connectivity index (χ2v) is 4.06. The molecule has 1 aromatic carbocycles. The van der Waals surface area contributed by atoms with Crippen LogP contribution in [0.15, 0.2) is 12.1 Å². The standard InChI is InChI=1S/C11H9ClN2O2/c12-10-7(5-15)1-2-8-11(10)14-3-4-16-6-9(14)13-8/h1-2,5H,3-4,6H2. The lowest BCUT2D eigenvalue weighted by atomic mass is 10.2. The molecular weight excluding hydrogens is 228 g/mol. The van der Waals surface area contributed by atoms with E-state index in [4.69, 9.17) is 16.3 Å². The average molecular weight is 237 g/mol. The first kappa shape index (κ1) is 9.81. The predicted molar refractivity (Wildman–Crippen MR) is 59.8 cm³/mol. The number of carbonyl (C=O) groups excluding carboxylic acids is 1. The molecule has 2 heterocycles. The van der Waals surface area contributed by atoms with Crippen molar-refractivity contribution in [2.24, 2.45) is 0 Å². The molecule has 0 bridgehead atoms. The summed E-state index contributed by atoms with van der Waals surface area (Å²) in [5.41, 5.74) is 2.16. The Morgan fingerprint density at radius 1 is 1.50 bits per heavy atom. The molecule has 2 aromatic rings. The number of hydrogen-bond donors (Lipinski definition) is 0. The number of imidazole rings is 1. The van der Waals surface area contributed by atoms with E-state index >= 15 is 0 Å². The number of benzene rings is 1. The lowest BCUT2D eigenvalue weighted by Gasteiger charge is -2.15. The van der Waals surface area contributed by atoms with Gasteiger partial charge in [-0.1, -0.05) is 11.6 Å². The van der Waals surface area contributed by atoms with Gasteiger partial charge < -0.3 is 9.30 Å². The summed E-state index contributed by atoms with van der Waals surface area (Å²) in [7, 11) is 0. The predicted octanol–water partition coefficient (Wildman–Crippen LogP) is 2.03. The topological polar surface area (TPSA) is 44.1 Å². The van der Waals surface area contributed by atoms with Crippen molar-refractivity contribution in [3.8, 4) is 0 Å². The highest BCUT2D eigenvalue weighted by atomic mass is 35.5. The largest absolute Gasteiger partial charge is 0.372 e. The van der Waals surface area contributed by atoms with Gasteiger partial charge in [0.1, 0.15) is 12.4 Å². The molecule has 0 spiro atoms. The SMILES string of the molecule is O=Cc1ccc2nc3n(c2c1Cl)CCOC3. The molecule has 0 unspecified atom stereocenters. The van der Waals surface area contributed by atoms with Crippen LogP contribution < -0.4 is 0 Å². The Morgan fingerprint density at radius 2 is 2.38 bits per heavy atom. The molecule has 0 amide bonds. The summed E-state index contributed by atoms with van der Waals surface area (Å²) >= 11 is 6.19. The molecule has 1 aliphatic heterocycles. The Labute approximate surface area is 96.8 Å². The van der Waals surface area contributed by atoms with Crippen molar-refractivity contribution in [1.82, 2.24) is 9.55 Å².